The molecule has 0 aromatic carbocycles. The fraction of sp³-hybridized carbons (Fsp3) is 0.800. The van der Waals surface area contributed by atoms with Crippen molar-refractivity contribution in [3.8, 4) is 0 Å². The Balaban J connectivity index is 2.67. The van der Waals surface area contributed by atoms with Gasteiger partial charge in [-0.25, -0.2) is 0 Å². The molecule has 1 aliphatic heterocycles. The summed E-state index contributed by atoms with van der Waals surface area (Å²) in [6.07, 6.45) is 0. The molecule has 0 bridgehead atoms. The number of amides is 1. The summed E-state index contributed by atoms with van der Waals surface area (Å²) >= 11 is 5.13. The highest BCUT2D eigenvalue weighted by molar-refractivity contribution is 7.86. The summed E-state index contributed by atoms with van der Waals surface area (Å²) in [5.41, 5.74) is -1.39. The molecule has 0 spiro atoms. The Labute approximate surface area is 80.2 Å². The number of ether oxygens (including phenoxy) is 1. The maximum Gasteiger partial charge on any atom is 0.316 e. The molecule has 1 amide bonds. The minimum absolute atomic E-state index is 0.0446. The summed E-state index contributed by atoms with van der Waals surface area (Å²) < 4.78 is 34.5. The zero-order chi connectivity index (χ0) is 10.1. The van der Waals surface area contributed by atoms with Gasteiger partial charge in [0.15, 0.2) is 0 Å². The predicted octanol–water partition coefficient (Wildman–Crippen LogP) is -0.109. The minimum atomic E-state index is -4.27. The van der Waals surface area contributed by atoms with Crippen molar-refractivity contribution in [3.63, 3.8) is 0 Å². The van der Waals surface area contributed by atoms with Crippen LogP contribution < -0.4 is 0 Å². The van der Waals surface area contributed by atoms with Gasteiger partial charge in [0.25, 0.3) is 10.1 Å². The molecule has 0 aliphatic carbocycles. The van der Waals surface area contributed by atoms with E-state index in [1.54, 1.807) is 0 Å². The van der Waals surface area contributed by atoms with Crippen LogP contribution in [-0.2, 0) is 14.9 Å². The zero-order valence-electron chi connectivity index (χ0n) is 6.51. The van der Waals surface area contributed by atoms with Crippen molar-refractivity contribution in [1.82, 2.24) is 4.90 Å². The highest BCUT2D eigenvalue weighted by atomic mass is 35.5. The fourth-order valence-electron chi connectivity index (χ4n) is 0.958. The van der Waals surface area contributed by atoms with Crippen molar-refractivity contribution in [2.45, 2.75) is 5.44 Å². The molecule has 76 valence electrons. The molecular weight excluding hydrogens is 222 g/mol. The maximum absolute atomic E-state index is 10.6. The van der Waals surface area contributed by atoms with Gasteiger partial charge in [0, 0.05) is 6.54 Å². The molecule has 1 fully saturated rings. The van der Waals surface area contributed by atoms with Crippen LogP contribution in [-0.4, -0.2) is 48.4 Å². The first-order valence-corrected chi connectivity index (χ1v) is 5.31. The topological polar surface area (TPSA) is 83.9 Å². The summed E-state index contributed by atoms with van der Waals surface area (Å²) in [6, 6.07) is 0. The van der Waals surface area contributed by atoms with Gasteiger partial charge in [-0.3, -0.25) is 9.35 Å². The molecule has 1 N–H and O–H groups in total. The third-order valence-electron chi connectivity index (χ3n) is 1.62. The van der Waals surface area contributed by atoms with Crippen LogP contribution in [0.1, 0.15) is 0 Å². The van der Waals surface area contributed by atoms with Crippen molar-refractivity contribution >= 4 is 27.1 Å². The first kappa shape index (κ1) is 10.7. The Kier molecular flexibility index (Phi) is 3.12. The number of hydrogen-bond donors (Lipinski definition) is 1. The van der Waals surface area contributed by atoms with Gasteiger partial charge in [0.2, 0.25) is 5.44 Å². The molecule has 1 atom stereocenters. The van der Waals surface area contributed by atoms with Crippen molar-refractivity contribution in [1.29, 1.82) is 0 Å². The molecule has 1 aliphatic rings. The van der Waals surface area contributed by atoms with Crippen molar-refractivity contribution in [3.05, 3.63) is 0 Å². The Morgan fingerprint density at radius 3 is 2.69 bits per heavy atom. The highest BCUT2D eigenvalue weighted by Gasteiger charge is 2.31. The van der Waals surface area contributed by atoms with E-state index in [0.29, 0.717) is 0 Å². The lowest BCUT2D eigenvalue weighted by Gasteiger charge is -2.29. The van der Waals surface area contributed by atoms with Crippen LogP contribution >= 0.6 is 11.6 Å². The van der Waals surface area contributed by atoms with Gasteiger partial charge in [-0.1, -0.05) is 0 Å². The van der Waals surface area contributed by atoms with Gasteiger partial charge in [0.05, 0.1) is 13.2 Å². The molecule has 8 heteroatoms. The van der Waals surface area contributed by atoms with Crippen molar-refractivity contribution in [2.24, 2.45) is 0 Å². The van der Waals surface area contributed by atoms with Crippen molar-refractivity contribution in [2.75, 3.05) is 19.7 Å². The van der Waals surface area contributed by atoms with Crippen LogP contribution in [0.4, 0.5) is 4.79 Å². The van der Waals surface area contributed by atoms with Gasteiger partial charge in [-0.15, -0.1) is 0 Å². The normalized spacial score (nSPS) is 24.5. The second-order valence-corrected chi connectivity index (χ2v) is 4.39. The summed E-state index contributed by atoms with van der Waals surface area (Å²) in [7, 11) is -4.27. The van der Waals surface area contributed by atoms with Crippen LogP contribution in [0.3, 0.4) is 0 Å². The van der Waals surface area contributed by atoms with E-state index in [1.807, 2.05) is 0 Å². The quantitative estimate of drug-likeness (QED) is 0.385. The molecule has 6 nitrogen and oxygen atoms in total. The Morgan fingerprint density at radius 2 is 2.23 bits per heavy atom. The number of carbonyl (C=O) groups is 1. The van der Waals surface area contributed by atoms with E-state index in [0.717, 1.165) is 4.90 Å². The molecule has 1 unspecified atom stereocenters. The number of rotatable bonds is 1. The van der Waals surface area contributed by atoms with Gasteiger partial charge in [0.1, 0.15) is 0 Å². The Hall–Kier alpha value is -0.370. The van der Waals surface area contributed by atoms with Crippen LogP contribution in [0.15, 0.2) is 0 Å². The highest BCUT2D eigenvalue weighted by Crippen LogP contribution is 2.11. The van der Waals surface area contributed by atoms with Gasteiger partial charge < -0.3 is 9.64 Å². The SMILES string of the molecule is O=C(Cl)N1CCOC(S(=O)(=O)O)C1. The van der Waals surface area contributed by atoms with Crippen LogP contribution in [0.2, 0.25) is 0 Å². The molecule has 0 aromatic heterocycles. The first-order valence-electron chi connectivity index (χ1n) is 3.43. The molecule has 0 aromatic rings. The zero-order valence-corrected chi connectivity index (χ0v) is 8.08. The van der Waals surface area contributed by atoms with Crippen LogP contribution in [0.5, 0.6) is 0 Å². The lowest BCUT2D eigenvalue weighted by atomic mass is 10.5. The smallest absolute Gasteiger partial charge is 0.316 e. The molecule has 0 saturated carbocycles. The Bertz CT molecular complexity index is 302. The predicted molar refractivity (Wildman–Crippen MR) is 44.1 cm³/mol. The molecule has 13 heavy (non-hydrogen) atoms. The largest absolute Gasteiger partial charge is 0.356 e. The average Bonchev–Trinajstić information content (AvgIpc) is 2.03. The van der Waals surface area contributed by atoms with E-state index in [4.69, 9.17) is 20.9 Å². The molecule has 1 rings (SSSR count). The van der Waals surface area contributed by atoms with Crippen LogP contribution in [0.25, 0.3) is 0 Å². The summed E-state index contributed by atoms with van der Waals surface area (Å²) in [5, 5.41) is -0.753. The third kappa shape index (κ3) is 2.80. The number of nitrogens with zero attached hydrogens (tertiary/aromatic N) is 1. The first-order chi connectivity index (χ1) is 5.91. The number of halogens is 1. The standard InChI is InChI=1S/C5H8ClNO5S/c6-5(8)7-1-2-12-4(3-7)13(9,10)11/h4H,1-3H2,(H,9,10,11). The van der Waals surface area contributed by atoms with Gasteiger partial charge in [-0.2, -0.15) is 8.42 Å². The lowest BCUT2D eigenvalue weighted by molar-refractivity contribution is 0.0289. The summed E-state index contributed by atoms with van der Waals surface area (Å²) in [5.74, 6) is 0. The lowest BCUT2D eigenvalue weighted by Crippen LogP contribution is -2.46. The minimum Gasteiger partial charge on any atom is -0.356 e. The van der Waals surface area contributed by atoms with E-state index in [2.05, 4.69) is 0 Å². The second-order valence-electron chi connectivity index (χ2n) is 2.51. The van der Waals surface area contributed by atoms with Gasteiger partial charge >= 0.3 is 5.37 Å². The summed E-state index contributed by atoms with van der Waals surface area (Å²) in [4.78, 5) is 11.7. The van der Waals surface area contributed by atoms with E-state index in [1.165, 1.54) is 0 Å². The van der Waals surface area contributed by atoms with E-state index in [9.17, 15) is 13.2 Å². The molecular formula is C5H8ClNO5S. The molecule has 1 saturated heterocycles. The molecule has 1 heterocycles. The third-order valence-corrected chi connectivity index (χ3v) is 2.80. The average molecular weight is 230 g/mol. The maximum atomic E-state index is 10.6. The second kappa shape index (κ2) is 3.79. The number of morpholine rings is 1. The summed E-state index contributed by atoms with van der Waals surface area (Å²) in [6.45, 7) is 0.0401. The van der Waals surface area contributed by atoms with Crippen LogP contribution in [0, 0.1) is 0 Å². The van der Waals surface area contributed by atoms with Crippen molar-refractivity contribution < 1.29 is 22.5 Å². The number of hydrogen-bond acceptors (Lipinski definition) is 4. The molecule has 0 radical (unpaired) electrons. The van der Waals surface area contributed by atoms with Gasteiger partial charge in [-0.05, 0) is 11.6 Å². The number of carbonyl (C=O) groups excluding carboxylic acids is 1. The van der Waals surface area contributed by atoms with E-state index < -0.39 is 20.9 Å². The Morgan fingerprint density at radius 1 is 1.62 bits per heavy atom. The monoisotopic (exact) mass is 229 g/mol. The fourth-order valence-corrected chi connectivity index (χ4v) is 1.75. The van der Waals surface area contributed by atoms with E-state index >= 15 is 0 Å². The van der Waals surface area contributed by atoms with E-state index in [-0.39, 0.29) is 19.7 Å².